The molecular weight excluding hydrogens is 380 g/mol. The van der Waals surface area contributed by atoms with Gasteiger partial charge in [-0.15, -0.1) is 0 Å². The van der Waals surface area contributed by atoms with Gasteiger partial charge in [0.2, 0.25) is 6.23 Å². The quantitative estimate of drug-likeness (QED) is 0.510. The summed E-state index contributed by atoms with van der Waals surface area (Å²) in [5.74, 6) is 0.811. The summed E-state index contributed by atoms with van der Waals surface area (Å²) >= 11 is 0. The van der Waals surface area contributed by atoms with Crippen LogP contribution in [0.4, 0.5) is 0 Å². The van der Waals surface area contributed by atoms with Crippen molar-refractivity contribution in [1.82, 2.24) is 5.48 Å². The van der Waals surface area contributed by atoms with E-state index in [2.05, 4.69) is 95.6 Å². The van der Waals surface area contributed by atoms with Gasteiger partial charge in [-0.05, 0) is 65.1 Å². The Morgan fingerprint density at radius 3 is 2.16 bits per heavy atom. The van der Waals surface area contributed by atoms with Crippen LogP contribution < -0.4 is 5.48 Å². The van der Waals surface area contributed by atoms with Crippen LogP contribution in [0.1, 0.15) is 67.3 Å². The van der Waals surface area contributed by atoms with Crippen LogP contribution in [0, 0.1) is 13.8 Å². The van der Waals surface area contributed by atoms with E-state index in [1.807, 2.05) is 12.1 Å². The van der Waals surface area contributed by atoms with Crippen molar-refractivity contribution in [3.63, 3.8) is 0 Å². The van der Waals surface area contributed by atoms with E-state index in [9.17, 15) is 0 Å². The third-order valence-electron chi connectivity index (χ3n) is 6.13. The van der Waals surface area contributed by atoms with E-state index in [1.54, 1.807) is 0 Å². The molecule has 0 radical (unpaired) electrons. The van der Waals surface area contributed by atoms with Gasteiger partial charge in [0.05, 0.1) is 0 Å². The van der Waals surface area contributed by atoms with Crippen LogP contribution in [0.3, 0.4) is 0 Å². The van der Waals surface area contributed by atoms with Gasteiger partial charge < -0.3 is 0 Å². The Labute approximate surface area is 186 Å². The average molecular weight is 413 g/mol. The monoisotopic (exact) mass is 412 g/mol. The summed E-state index contributed by atoms with van der Waals surface area (Å²) in [6.45, 7) is 13.3. The highest BCUT2D eigenvalue weighted by Gasteiger charge is 2.27. The predicted molar refractivity (Wildman–Crippen MR) is 129 cm³/mol. The normalized spacial score (nSPS) is 16.2. The summed E-state index contributed by atoms with van der Waals surface area (Å²) in [6.07, 6.45) is 0.584. The van der Waals surface area contributed by atoms with Crippen molar-refractivity contribution in [3.8, 4) is 11.1 Å². The van der Waals surface area contributed by atoms with E-state index < -0.39 is 0 Å². The number of hydrogen-bond acceptors (Lipinski definition) is 3. The van der Waals surface area contributed by atoms with Crippen molar-refractivity contribution in [2.75, 3.05) is 0 Å². The highest BCUT2D eigenvalue weighted by molar-refractivity contribution is 6.02. The number of aryl methyl sites for hydroxylation is 2. The van der Waals surface area contributed by atoms with Gasteiger partial charge in [-0.3, -0.25) is 0 Å². The number of hydroxylamine groups is 1. The molecule has 3 nitrogen and oxygen atoms in total. The number of nitrogens with zero attached hydrogens (tertiary/aromatic N) is 1. The number of rotatable bonds is 4. The van der Waals surface area contributed by atoms with Gasteiger partial charge in [0.15, 0.2) is 5.84 Å². The Hall–Kier alpha value is -2.91. The van der Waals surface area contributed by atoms with Crippen molar-refractivity contribution < 1.29 is 4.84 Å². The molecule has 1 aliphatic heterocycles. The van der Waals surface area contributed by atoms with Crippen molar-refractivity contribution >= 4 is 5.84 Å². The van der Waals surface area contributed by atoms with Gasteiger partial charge in [-0.1, -0.05) is 82.3 Å². The molecule has 1 atom stereocenters. The number of aliphatic imine (C=N–C) groups is 1. The third kappa shape index (κ3) is 4.15. The minimum Gasteiger partial charge on any atom is -0.246 e. The van der Waals surface area contributed by atoms with Crippen molar-refractivity contribution in [3.05, 3.63) is 94.0 Å². The number of hydrogen-bond donors (Lipinski definition) is 1. The summed E-state index contributed by atoms with van der Waals surface area (Å²) < 4.78 is 0. The first-order valence-corrected chi connectivity index (χ1v) is 11.1. The molecule has 4 rings (SSSR count). The summed E-state index contributed by atoms with van der Waals surface area (Å²) in [5, 5.41) is 0. The fraction of sp³-hybridized carbons (Fsp3) is 0.321. The highest BCUT2D eigenvalue weighted by atomic mass is 16.7. The minimum absolute atomic E-state index is 0.0217. The third-order valence-corrected chi connectivity index (χ3v) is 6.13. The Balaban J connectivity index is 1.90. The summed E-state index contributed by atoms with van der Waals surface area (Å²) in [6, 6.07) is 21.5. The van der Waals surface area contributed by atoms with Gasteiger partial charge in [-0.25, -0.2) is 15.3 Å². The molecule has 3 heteroatoms. The Bertz CT molecular complexity index is 1140. The second kappa shape index (κ2) is 8.32. The van der Waals surface area contributed by atoms with E-state index in [0.717, 1.165) is 23.4 Å². The fourth-order valence-corrected chi connectivity index (χ4v) is 4.22. The molecule has 3 aromatic carbocycles. The average Bonchev–Trinajstić information content (AvgIpc) is 3.22. The van der Waals surface area contributed by atoms with Crippen molar-refractivity contribution in [1.29, 1.82) is 0 Å². The summed E-state index contributed by atoms with van der Waals surface area (Å²) in [5.41, 5.74) is 13.0. The highest BCUT2D eigenvalue weighted by Crippen LogP contribution is 2.36. The van der Waals surface area contributed by atoms with E-state index in [-0.39, 0.29) is 11.6 Å². The molecule has 160 valence electrons. The van der Waals surface area contributed by atoms with E-state index >= 15 is 0 Å². The second-order valence-corrected chi connectivity index (χ2v) is 9.37. The van der Waals surface area contributed by atoms with Crippen LogP contribution >= 0.6 is 0 Å². The van der Waals surface area contributed by atoms with Crippen molar-refractivity contribution in [2.45, 2.75) is 59.6 Å². The van der Waals surface area contributed by atoms with Crippen LogP contribution in [-0.4, -0.2) is 5.84 Å². The standard InChI is InChI=1S/C28H32N2O/c1-7-21-24(22-14-10-8-12-18(22)2)16-20(28(4,5)6)17-25(21)26-29-27(31-30-26)23-15-11-9-13-19(23)3/h8-17,27H,7H2,1-6H3,(H,29,30). The van der Waals surface area contributed by atoms with Gasteiger partial charge in [-0.2, -0.15) is 0 Å². The Morgan fingerprint density at radius 1 is 0.871 bits per heavy atom. The fourth-order valence-electron chi connectivity index (χ4n) is 4.22. The minimum atomic E-state index is -0.332. The lowest BCUT2D eigenvalue weighted by molar-refractivity contribution is 0.0373. The molecule has 3 aromatic rings. The molecule has 0 spiro atoms. The first kappa shape index (κ1) is 21.3. The SMILES string of the molecule is CCc1c(C2=NC(c3ccccc3C)ON2)cc(C(C)(C)C)cc1-c1ccccc1C. The van der Waals surface area contributed by atoms with E-state index in [1.165, 1.54) is 33.4 Å². The topological polar surface area (TPSA) is 33.6 Å². The summed E-state index contributed by atoms with van der Waals surface area (Å²) in [4.78, 5) is 10.9. The largest absolute Gasteiger partial charge is 0.246 e. The van der Waals surface area contributed by atoms with Crippen molar-refractivity contribution in [2.24, 2.45) is 4.99 Å². The molecule has 0 aromatic heterocycles. The molecular formula is C28H32N2O. The second-order valence-electron chi connectivity index (χ2n) is 9.37. The molecule has 0 saturated heterocycles. The molecule has 0 fully saturated rings. The lowest BCUT2D eigenvalue weighted by Gasteiger charge is -2.24. The van der Waals surface area contributed by atoms with Gasteiger partial charge in [0.1, 0.15) is 0 Å². The molecule has 0 saturated carbocycles. The lowest BCUT2D eigenvalue weighted by atomic mass is 9.81. The zero-order valence-electron chi connectivity index (χ0n) is 19.4. The molecule has 0 aliphatic carbocycles. The molecule has 1 heterocycles. The van der Waals surface area contributed by atoms with Crippen LogP contribution in [0.15, 0.2) is 65.7 Å². The Kier molecular flexibility index (Phi) is 5.72. The number of benzene rings is 3. The zero-order chi connectivity index (χ0) is 22.2. The molecule has 31 heavy (non-hydrogen) atoms. The predicted octanol–water partition coefficient (Wildman–Crippen LogP) is 6.81. The van der Waals surface area contributed by atoms with E-state index in [4.69, 9.17) is 9.83 Å². The molecule has 1 N–H and O–H groups in total. The molecule has 0 bridgehead atoms. The van der Waals surface area contributed by atoms with E-state index in [0.29, 0.717) is 0 Å². The maximum atomic E-state index is 5.93. The van der Waals surface area contributed by atoms with Crippen LogP contribution in [0.25, 0.3) is 11.1 Å². The molecule has 1 aliphatic rings. The first-order chi connectivity index (χ1) is 14.8. The Morgan fingerprint density at radius 2 is 1.52 bits per heavy atom. The molecule has 1 unspecified atom stereocenters. The molecule has 0 amide bonds. The smallest absolute Gasteiger partial charge is 0.203 e. The maximum absolute atomic E-state index is 5.93. The zero-order valence-corrected chi connectivity index (χ0v) is 19.4. The van der Waals surface area contributed by atoms with Crippen LogP contribution in [0.5, 0.6) is 0 Å². The lowest BCUT2D eigenvalue weighted by Crippen LogP contribution is -2.22. The number of nitrogens with one attached hydrogen (secondary N) is 1. The van der Waals surface area contributed by atoms with Crippen LogP contribution in [0.2, 0.25) is 0 Å². The van der Waals surface area contributed by atoms with Gasteiger partial charge >= 0.3 is 0 Å². The van der Waals surface area contributed by atoms with Gasteiger partial charge in [0.25, 0.3) is 0 Å². The first-order valence-electron chi connectivity index (χ1n) is 11.1. The van der Waals surface area contributed by atoms with Gasteiger partial charge in [0, 0.05) is 11.1 Å². The maximum Gasteiger partial charge on any atom is 0.203 e. The summed E-state index contributed by atoms with van der Waals surface area (Å²) in [7, 11) is 0. The number of amidine groups is 1. The van der Waals surface area contributed by atoms with Crippen LogP contribution in [-0.2, 0) is 16.7 Å².